The van der Waals surface area contributed by atoms with Gasteiger partial charge >= 0.3 is 0 Å². The molecule has 0 spiro atoms. The molecular weight excluding hydrogens is 264 g/mol. The first-order valence-electron chi connectivity index (χ1n) is 7.14. The molecule has 1 rings (SSSR count). The fourth-order valence-corrected chi connectivity index (χ4v) is 3.13. The van der Waals surface area contributed by atoms with E-state index < -0.39 is 0 Å². The monoisotopic (exact) mass is 290 g/mol. The molecule has 0 aliphatic heterocycles. The molecule has 1 atom stereocenters. The van der Waals surface area contributed by atoms with E-state index in [9.17, 15) is 0 Å². The molecule has 1 aromatic rings. The molecule has 110 valence electrons. The third-order valence-electron chi connectivity index (χ3n) is 2.62. The van der Waals surface area contributed by atoms with Crippen molar-refractivity contribution < 1.29 is 4.74 Å². The lowest BCUT2D eigenvalue weighted by atomic mass is 9.95. The quantitative estimate of drug-likeness (QED) is 0.471. The van der Waals surface area contributed by atoms with Crippen molar-refractivity contribution in [3.8, 4) is 0 Å². The first-order chi connectivity index (χ1) is 9.46. The first kappa shape index (κ1) is 17.1. The molecule has 0 saturated heterocycles. The Morgan fingerprint density at radius 2 is 1.95 bits per heavy atom. The van der Waals surface area contributed by atoms with E-state index in [1.54, 1.807) is 11.8 Å². The minimum absolute atomic E-state index is 0.0990. The molecule has 20 heavy (non-hydrogen) atoms. The smallest absolute Gasteiger partial charge is 0.0917 e. The summed E-state index contributed by atoms with van der Waals surface area (Å²) in [5.74, 6) is 0. The van der Waals surface area contributed by atoms with Crippen LogP contribution < -0.4 is 0 Å². The lowest BCUT2D eigenvalue weighted by Gasteiger charge is -2.23. The third-order valence-corrected chi connectivity index (χ3v) is 3.74. The Kier molecular flexibility index (Phi) is 7.11. The van der Waals surface area contributed by atoms with Crippen LogP contribution in [0.4, 0.5) is 0 Å². The van der Waals surface area contributed by atoms with Gasteiger partial charge in [0.05, 0.1) is 6.10 Å². The van der Waals surface area contributed by atoms with Gasteiger partial charge in [-0.05, 0) is 30.9 Å². The van der Waals surface area contributed by atoms with E-state index >= 15 is 0 Å². The lowest BCUT2D eigenvalue weighted by molar-refractivity contribution is 0.0953. The number of allylic oxidation sites excluding steroid dienone is 1. The molecule has 0 aliphatic rings. The molecule has 0 heterocycles. The van der Waals surface area contributed by atoms with Crippen LogP contribution in [-0.4, -0.2) is 12.7 Å². The normalized spacial score (nSPS) is 14.1. The molecule has 0 amide bonds. The minimum Gasteiger partial charge on any atom is -0.373 e. The first-order valence-corrected chi connectivity index (χ1v) is 7.96. The van der Waals surface area contributed by atoms with Crippen molar-refractivity contribution in [2.24, 2.45) is 5.41 Å². The molecule has 1 unspecified atom stereocenters. The van der Waals surface area contributed by atoms with E-state index in [1.807, 2.05) is 19.1 Å². The highest BCUT2D eigenvalue weighted by molar-refractivity contribution is 8.03. The van der Waals surface area contributed by atoms with Crippen LogP contribution in [0.5, 0.6) is 0 Å². The fraction of sp³-hybridized carbons (Fsp3) is 0.444. The van der Waals surface area contributed by atoms with Crippen LogP contribution in [0.3, 0.4) is 0 Å². The molecule has 0 fully saturated rings. The molecule has 1 aromatic carbocycles. The molecule has 2 heteroatoms. The third kappa shape index (κ3) is 6.44. The largest absolute Gasteiger partial charge is 0.373 e. The Hall–Kier alpha value is -0.990. The van der Waals surface area contributed by atoms with E-state index in [1.165, 1.54) is 9.80 Å². The molecular formula is C18H26OS. The number of hydrogen-bond donors (Lipinski definition) is 0. The van der Waals surface area contributed by atoms with Crippen molar-refractivity contribution in [2.45, 2.75) is 45.1 Å². The number of rotatable bonds is 7. The fourth-order valence-electron chi connectivity index (χ4n) is 1.86. The number of benzene rings is 1. The van der Waals surface area contributed by atoms with Crippen molar-refractivity contribution in [3.63, 3.8) is 0 Å². The summed E-state index contributed by atoms with van der Waals surface area (Å²) in [5, 5.41) is 0. The summed E-state index contributed by atoms with van der Waals surface area (Å²) >= 11 is 1.79. The van der Waals surface area contributed by atoms with E-state index in [2.05, 4.69) is 57.7 Å². The standard InChI is InChI=1S/C18H26OS/c1-6-11-16(19-7-2)17(14-18(3,4)5)20-15-12-9-8-10-13-15/h6,8-10,12-14,16H,1,7,11H2,2-5H3/b17-14-. The molecule has 0 radical (unpaired) electrons. The molecule has 0 N–H and O–H groups in total. The van der Waals surface area contributed by atoms with Crippen molar-refractivity contribution in [3.05, 3.63) is 54.0 Å². The van der Waals surface area contributed by atoms with Gasteiger partial charge in [0.25, 0.3) is 0 Å². The van der Waals surface area contributed by atoms with Gasteiger partial charge in [0.15, 0.2) is 0 Å². The van der Waals surface area contributed by atoms with Gasteiger partial charge < -0.3 is 4.74 Å². The number of ether oxygens (including phenoxy) is 1. The Bertz CT molecular complexity index is 428. The van der Waals surface area contributed by atoms with Crippen LogP contribution in [-0.2, 0) is 4.74 Å². The summed E-state index contributed by atoms with van der Waals surface area (Å²) in [4.78, 5) is 2.52. The second kappa shape index (κ2) is 8.33. The Morgan fingerprint density at radius 3 is 2.45 bits per heavy atom. The van der Waals surface area contributed by atoms with Crippen molar-refractivity contribution in [1.82, 2.24) is 0 Å². The summed E-state index contributed by atoms with van der Waals surface area (Å²) in [6.07, 6.45) is 5.19. The second-order valence-corrected chi connectivity index (χ2v) is 6.94. The zero-order valence-electron chi connectivity index (χ0n) is 13.1. The van der Waals surface area contributed by atoms with E-state index in [-0.39, 0.29) is 11.5 Å². The van der Waals surface area contributed by atoms with Crippen LogP contribution >= 0.6 is 11.8 Å². The van der Waals surface area contributed by atoms with Gasteiger partial charge in [0.2, 0.25) is 0 Å². The Balaban J connectivity index is 3.00. The van der Waals surface area contributed by atoms with E-state index in [0.717, 1.165) is 13.0 Å². The molecule has 0 aromatic heterocycles. The maximum Gasteiger partial charge on any atom is 0.0917 e. The van der Waals surface area contributed by atoms with E-state index in [4.69, 9.17) is 4.74 Å². The van der Waals surface area contributed by atoms with Crippen LogP contribution in [0.1, 0.15) is 34.1 Å². The topological polar surface area (TPSA) is 9.23 Å². The Labute approximate surface area is 128 Å². The number of thioether (sulfide) groups is 1. The predicted octanol–water partition coefficient (Wildman–Crippen LogP) is 5.69. The molecule has 0 aliphatic carbocycles. The van der Waals surface area contributed by atoms with Crippen LogP contribution in [0, 0.1) is 5.41 Å². The molecule has 1 nitrogen and oxygen atoms in total. The van der Waals surface area contributed by atoms with E-state index in [0.29, 0.717) is 0 Å². The summed E-state index contributed by atoms with van der Waals surface area (Å²) in [7, 11) is 0. The molecule has 0 saturated carbocycles. The van der Waals surface area contributed by atoms with Crippen molar-refractivity contribution in [1.29, 1.82) is 0 Å². The van der Waals surface area contributed by atoms with Gasteiger partial charge in [-0.15, -0.1) is 6.58 Å². The van der Waals surface area contributed by atoms with Gasteiger partial charge in [0, 0.05) is 16.4 Å². The maximum atomic E-state index is 5.90. The lowest BCUT2D eigenvalue weighted by Crippen LogP contribution is -2.16. The highest BCUT2D eigenvalue weighted by Crippen LogP contribution is 2.34. The highest BCUT2D eigenvalue weighted by atomic mass is 32.2. The van der Waals surface area contributed by atoms with Crippen molar-refractivity contribution in [2.75, 3.05) is 6.61 Å². The van der Waals surface area contributed by atoms with Crippen LogP contribution in [0.2, 0.25) is 0 Å². The predicted molar refractivity (Wildman–Crippen MR) is 90.1 cm³/mol. The number of hydrogen-bond acceptors (Lipinski definition) is 2. The summed E-state index contributed by atoms with van der Waals surface area (Å²) < 4.78 is 5.90. The summed E-state index contributed by atoms with van der Waals surface area (Å²) in [6.45, 7) is 13.3. The van der Waals surface area contributed by atoms with Gasteiger partial charge in [-0.2, -0.15) is 0 Å². The average molecular weight is 290 g/mol. The van der Waals surface area contributed by atoms with Crippen LogP contribution in [0.25, 0.3) is 0 Å². The molecule has 0 bridgehead atoms. The Morgan fingerprint density at radius 1 is 1.30 bits per heavy atom. The van der Waals surface area contributed by atoms with Gasteiger partial charge in [-0.3, -0.25) is 0 Å². The minimum atomic E-state index is 0.0990. The van der Waals surface area contributed by atoms with Crippen molar-refractivity contribution >= 4 is 11.8 Å². The van der Waals surface area contributed by atoms with Crippen LogP contribution in [0.15, 0.2) is 58.9 Å². The summed E-state index contributed by atoms with van der Waals surface area (Å²) in [5.41, 5.74) is 0.133. The zero-order valence-corrected chi connectivity index (χ0v) is 13.9. The SMILES string of the molecule is C=CCC(OCC)/C(=C/C(C)(C)C)Sc1ccccc1. The zero-order chi connectivity index (χ0) is 15.0. The second-order valence-electron chi connectivity index (χ2n) is 5.80. The highest BCUT2D eigenvalue weighted by Gasteiger charge is 2.18. The van der Waals surface area contributed by atoms with Gasteiger partial charge in [-0.25, -0.2) is 0 Å². The summed E-state index contributed by atoms with van der Waals surface area (Å²) in [6, 6.07) is 10.5. The van der Waals surface area contributed by atoms with Gasteiger partial charge in [0.1, 0.15) is 0 Å². The van der Waals surface area contributed by atoms with Gasteiger partial charge in [-0.1, -0.05) is 62.9 Å². The average Bonchev–Trinajstić information content (AvgIpc) is 2.37. The maximum absolute atomic E-state index is 5.90.